The average molecular weight is 510 g/mol. The zero-order chi connectivity index (χ0) is 23.4. The first-order valence-electron chi connectivity index (χ1n) is 10.4. The fourth-order valence-electron chi connectivity index (χ4n) is 3.78. The van der Waals surface area contributed by atoms with Gasteiger partial charge in [-0.15, -0.1) is 0 Å². The SMILES string of the molecule is COc1cc2c(cc1OC)C(C(=O)c1ccc(OC)c(OCc3ccccc3)c1Br)=NCC2. The van der Waals surface area contributed by atoms with E-state index < -0.39 is 0 Å². The van der Waals surface area contributed by atoms with Gasteiger partial charge in [0.1, 0.15) is 12.3 Å². The van der Waals surface area contributed by atoms with E-state index in [1.807, 2.05) is 42.5 Å². The largest absolute Gasteiger partial charge is 0.493 e. The quantitative estimate of drug-likeness (QED) is 0.386. The Bertz CT molecular complexity index is 1210. The summed E-state index contributed by atoms with van der Waals surface area (Å²) in [5.74, 6) is 1.98. The molecule has 0 saturated heterocycles. The summed E-state index contributed by atoms with van der Waals surface area (Å²) in [4.78, 5) is 18.2. The molecule has 0 bridgehead atoms. The predicted octanol–water partition coefficient (Wildman–Crippen LogP) is 5.28. The van der Waals surface area contributed by atoms with Crippen LogP contribution in [0.5, 0.6) is 23.0 Å². The fraction of sp³-hybridized carbons (Fsp3) is 0.231. The molecule has 4 rings (SSSR count). The molecule has 0 fully saturated rings. The number of Topliss-reactive ketones (excluding diaryl/α,β-unsaturated/α-hetero) is 1. The number of rotatable bonds is 8. The minimum Gasteiger partial charge on any atom is -0.493 e. The summed E-state index contributed by atoms with van der Waals surface area (Å²) in [6.45, 7) is 0.864. The van der Waals surface area contributed by atoms with Crippen molar-refractivity contribution in [2.24, 2.45) is 4.99 Å². The maximum absolute atomic E-state index is 13.6. The van der Waals surface area contributed by atoms with Crippen LogP contribution in [0, 0.1) is 0 Å². The molecule has 33 heavy (non-hydrogen) atoms. The van der Waals surface area contributed by atoms with Gasteiger partial charge in [0.15, 0.2) is 23.0 Å². The third kappa shape index (κ3) is 4.59. The van der Waals surface area contributed by atoms with Crippen molar-refractivity contribution < 1.29 is 23.7 Å². The van der Waals surface area contributed by atoms with Crippen molar-refractivity contribution in [3.05, 3.63) is 81.3 Å². The summed E-state index contributed by atoms with van der Waals surface area (Å²) in [6, 6.07) is 17.0. The smallest absolute Gasteiger partial charge is 0.212 e. The van der Waals surface area contributed by atoms with E-state index >= 15 is 0 Å². The predicted molar refractivity (Wildman–Crippen MR) is 130 cm³/mol. The normalized spacial score (nSPS) is 12.4. The Morgan fingerprint density at radius 2 is 1.64 bits per heavy atom. The van der Waals surface area contributed by atoms with Gasteiger partial charge in [-0.25, -0.2) is 0 Å². The maximum Gasteiger partial charge on any atom is 0.212 e. The number of methoxy groups -OCH3 is 3. The van der Waals surface area contributed by atoms with Gasteiger partial charge in [0.25, 0.3) is 0 Å². The molecular weight excluding hydrogens is 486 g/mol. The van der Waals surface area contributed by atoms with Gasteiger partial charge in [-0.3, -0.25) is 9.79 Å². The van der Waals surface area contributed by atoms with Crippen molar-refractivity contribution in [3.63, 3.8) is 0 Å². The molecule has 0 aliphatic carbocycles. The van der Waals surface area contributed by atoms with Crippen LogP contribution in [0.15, 0.2) is 64.1 Å². The molecule has 6 nitrogen and oxygen atoms in total. The van der Waals surface area contributed by atoms with Gasteiger partial charge in [-0.05, 0) is 57.7 Å². The molecule has 1 aliphatic heterocycles. The summed E-state index contributed by atoms with van der Waals surface area (Å²) < 4.78 is 22.9. The van der Waals surface area contributed by atoms with Crippen LogP contribution in [0.1, 0.15) is 27.0 Å². The minimum absolute atomic E-state index is 0.206. The molecule has 0 atom stereocenters. The second-order valence-corrected chi connectivity index (χ2v) is 8.20. The summed E-state index contributed by atoms with van der Waals surface area (Å²) >= 11 is 3.58. The third-order valence-electron chi connectivity index (χ3n) is 5.48. The summed E-state index contributed by atoms with van der Waals surface area (Å²) in [7, 11) is 4.74. The molecule has 3 aromatic carbocycles. The first-order chi connectivity index (χ1) is 16.1. The zero-order valence-electron chi connectivity index (χ0n) is 18.7. The number of ether oxygens (including phenoxy) is 4. The Balaban J connectivity index is 1.70. The molecule has 0 N–H and O–H groups in total. The number of benzene rings is 3. The number of hydrogen-bond acceptors (Lipinski definition) is 6. The van der Waals surface area contributed by atoms with Gasteiger partial charge in [-0.2, -0.15) is 0 Å². The van der Waals surface area contributed by atoms with Crippen LogP contribution in [0.3, 0.4) is 0 Å². The Kier molecular flexibility index (Phi) is 6.99. The maximum atomic E-state index is 13.6. The molecule has 0 spiro atoms. The van der Waals surface area contributed by atoms with Crippen molar-refractivity contribution in [1.29, 1.82) is 0 Å². The number of nitrogens with zero attached hydrogens (tertiary/aromatic N) is 1. The van der Waals surface area contributed by atoms with Gasteiger partial charge in [-0.1, -0.05) is 30.3 Å². The summed E-state index contributed by atoms with van der Waals surface area (Å²) in [5.41, 5.74) is 3.58. The van der Waals surface area contributed by atoms with E-state index in [4.69, 9.17) is 18.9 Å². The second-order valence-electron chi connectivity index (χ2n) is 7.41. The van der Waals surface area contributed by atoms with Crippen molar-refractivity contribution in [1.82, 2.24) is 0 Å². The molecule has 0 amide bonds. The lowest BCUT2D eigenvalue weighted by Gasteiger charge is -2.20. The summed E-state index contributed by atoms with van der Waals surface area (Å²) in [6.07, 6.45) is 0.724. The van der Waals surface area contributed by atoms with Crippen LogP contribution < -0.4 is 18.9 Å². The zero-order valence-corrected chi connectivity index (χ0v) is 20.3. The van der Waals surface area contributed by atoms with E-state index in [0.717, 1.165) is 23.1 Å². The van der Waals surface area contributed by atoms with Gasteiger partial charge >= 0.3 is 0 Å². The lowest BCUT2D eigenvalue weighted by molar-refractivity contribution is 0.106. The number of carbonyl (C=O) groups is 1. The second kappa shape index (κ2) is 10.1. The highest BCUT2D eigenvalue weighted by Crippen LogP contribution is 2.40. The van der Waals surface area contributed by atoms with Crippen LogP contribution in [-0.2, 0) is 13.0 Å². The molecule has 0 saturated carbocycles. The Labute approximate surface area is 201 Å². The first kappa shape index (κ1) is 22.9. The number of hydrogen-bond donors (Lipinski definition) is 0. The van der Waals surface area contributed by atoms with Crippen LogP contribution in [0.2, 0.25) is 0 Å². The lowest BCUT2D eigenvalue weighted by atomic mass is 9.92. The molecule has 0 unspecified atom stereocenters. The molecule has 7 heteroatoms. The summed E-state index contributed by atoms with van der Waals surface area (Å²) in [5, 5.41) is 0. The molecule has 1 heterocycles. The van der Waals surface area contributed by atoms with Crippen LogP contribution >= 0.6 is 15.9 Å². The number of halogens is 1. The van der Waals surface area contributed by atoms with Crippen molar-refractivity contribution >= 4 is 27.4 Å². The van der Waals surface area contributed by atoms with E-state index in [-0.39, 0.29) is 5.78 Å². The van der Waals surface area contributed by atoms with Crippen molar-refractivity contribution in [2.75, 3.05) is 27.9 Å². The standard InChI is InChI=1S/C26H24BrNO5/c1-30-20-10-9-18(23(27)26(20)33-15-16-7-5-4-6-8-16)25(29)24-19-14-22(32-3)21(31-2)13-17(19)11-12-28-24/h4-10,13-14H,11-12,15H2,1-3H3. The van der Waals surface area contributed by atoms with Crippen LogP contribution in [-0.4, -0.2) is 39.4 Å². The first-order valence-corrected chi connectivity index (χ1v) is 11.2. The van der Waals surface area contributed by atoms with Crippen LogP contribution in [0.25, 0.3) is 0 Å². The van der Waals surface area contributed by atoms with E-state index in [1.54, 1.807) is 33.5 Å². The molecule has 3 aromatic rings. The van der Waals surface area contributed by atoms with E-state index in [2.05, 4.69) is 20.9 Å². The fourth-order valence-corrected chi connectivity index (χ4v) is 4.40. The monoisotopic (exact) mass is 509 g/mol. The van der Waals surface area contributed by atoms with Gasteiger partial charge in [0.05, 0.1) is 25.8 Å². The third-order valence-corrected chi connectivity index (χ3v) is 6.27. The molecular formula is C26H24BrNO5. The Morgan fingerprint density at radius 3 is 2.33 bits per heavy atom. The number of ketones is 1. The van der Waals surface area contributed by atoms with Gasteiger partial charge in [0.2, 0.25) is 5.78 Å². The molecule has 0 radical (unpaired) electrons. The topological polar surface area (TPSA) is 66.4 Å². The highest BCUT2D eigenvalue weighted by Gasteiger charge is 2.27. The van der Waals surface area contributed by atoms with Gasteiger partial charge < -0.3 is 18.9 Å². The number of carbonyl (C=O) groups excluding carboxylic acids is 1. The van der Waals surface area contributed by atoms with Crippen molar-refractivity contribution in [2.45, 2.75) is 13.0 Å². The molecule has 0 aromatic heterocycles. The molecule has 1 aliphatic rings. The van der Waals surface area contributed by atoms with E-state index in [1.165, 1.54) is 0 Å². The van der Waals surface area contributed by atoms with Crippen molar-refractivity contribution in [3.8, 4) is 23.0 Å². The highest BCUT2D eigenvalue weighted by atomic mass is 79.9. The average Bonchev–Trinajstić information content (AvgIpc) is 2.86. The Hall–Kier alpha value is -3.32. The lowest BCUT2D eigenvalue weighted by Crippen LogP contribution is -2.23. The highest BCUT2D eigenvalue weighted by molar-refractivity contribution is 9.10. The number of aliphatic imine (C=N–C) groups is 1. The van der Waals surface area contributed by atoms with E-state index in [0.29, 0.717) is 51.9 Å². The van der Waals surface area contributed by atoms with Gasteiger partial charge in [0, 0.05) is 17.7 Å². The minimum atomic E-state index is -0.206. The van der Waals surface area contributed by atoms with E-state index in [9.17, 15) is 4.79 Å². The van der Waals surface area contributed by atoms with Crippen LogP contribution in [0.4, 0.5) is 0 Å². The number of fused-ring (bicyclic) bond motifs is 1. The molecule has 170 valence electrons. The Morgan fingerprint density at radius 1 is 0.939 bits per heavy atom.